The molecule has 2 aromatic rings. The summed E-state index contributed by atoms with van der Waals surface area (Å²) in [5, 5.41) is 1.97. The Morgan fingerprint density at radius 1 is 0.710 bits per heavy atom. The Labute approximate surface area is 233 Å². The summed E-state index contributed by atoms with van der Waals surface area (Å²) in [5.74, 6) is 0. The summed E-state index contributed by atoms with van der Waals surface area (Å²) in [7, 11) is -4.43. The molecule has 0 aliphatic heterocycles. The van der Waals surface area contributed by atoms with Crippen LogP contribution in [0.15, 0.2) is 35.2 Å². The molecule has 31 heavy (non-hydrogen) atoms. The van der Waals surface area contributed by atoms with Crippen LogP contribution in [0.1, 0.15) is 102 Å². The standard InChI is InChI=1S/C26H40O3S.K/c1-3-5-7-9-11-13-15-22-19-23(16-14-12-10-8-6-4-2)26-18-17-25(30(27,28)29)21-24(26)20-22;/h17-21H,3-16H2,1-2H3,(H,27,28,29);/q;+1/p-1. The van der Waals surface area contributed by atoms with Crippen molar-refractivity contribution >= 4 is 20.9 Å². The number of rotatable bonds is 15. The van der Waals surface area contributed by atoms with E-state index in [0.717, 1.165) is 36.5 Å². The number of aryl methyl sites for hydroxylation is 2. The van der Waals surface area contributed by atoms with Gasteiger partial charge in [0, 0.05) is 0 Å². The molecule has 0 atom stereocenters. The molecule has 0 N–H and O–H groups in total. The summed E-state index contributed by atoms with van der Waals surface area (Å²) in [6.07, 6.45) is 17.1. The summed E-state index contributed by atoms with van der Waals surface area (Å²) in [5.41, 5.74) is 2.55. The monoisotopic (exact) mass is 470 g/mol. The molecular weight excluding hydrogens is 431 g/mol. The van der Waals surface area contributed by atoms with E-state index in [2.05, 4.69) is 26.0 Å². The zero-order valence-electron chi connectivity index (χ0n) is 19.9. The largest absolute Gasteiger partial charge is 1.00 e. The Bertz CT molecular complexity index is 878. The molecule has 0 heterocycles. The molecule has 0 aliphatic carbocycles. The first-order chi connectivity index (χ1) is 14.5. The third-order valence-corrected chi connectivity index (χ3v) is 6.81. The van der Waals surface area contributed by atoms with Crippen LogP contribution in [0.5, 0.6) is 0 Å². The molecule has 0 aliphatic rings. The van der Waals surface area contributed by atoms with Crippen molar-refractivity contribution in [3.05, 3.63) is 41.5 Å². The van der Waals surface area contributed by atoms with Crippen molar-refractivity contribution in [3.8, 4) is 0 Å². The SMILES string of the molecule is CCCCCCCCc1cc(CCCCCCCC)c2ccc(S(=O)(=O)[O-])cc2c1.[K+]. The molecule has 0 unspecified atom stereocenters. The Kier molecular flexibility index (Phi) is 15.1. The summed E-state index contributed by atoms with van der Waals surface area (Å²) in [6.45, 7) is 4.47. The average molecular weight is 471 g/mol. The van der Waals surface area contributed by atoms with Crippen LogP contribution in [0.25, 0.3) is 10.8 Å². The molecular formula is C26H39KO3S. The number of hydrogen-bond acceptors (Lipinski definition) is 3. The van der Waals surface area contributed by atoms with Gasteiger partial charge in [-0.15, -0.1) is 0 Å². The van der Waals surface area contributed by atoms with E-state index in [4.69, 9.17) is 0 Å². The van der Waals surface area contributed by atoms with Gasteiger partial charge in [-0.3, -0.25) is 0 Å². The van der Waals surface area contributed by atoms with Crippen molar-refractivity contribution < 1.29 is 64.4 Å². The van der Waals surface area contributed by atoms with Gasteiger partial charge >= 0.3 is 51.4 Å². The van der Waals surface area contributed by atoms with Crippen LogP contribution in [0.4, 0.5) is 0 Å². The maximum absolute atomic E-state index is 11.5. The number of hydrogen-bond donors (Lipinski definition) is 0. The zero-order chi connectivity index (χ0) is 21.8. The van der Waals surface area contributed by atoms with E-state index in [0.29, 0.717) is 0 Å². The van der Waals surface area contributed by atoms with Crippen LogP contribution in [0.3, 0.4) is 0 Å². The van der Waals surface area contributed by atoms with Gasteiger partial charge in [-0.2, -0.15) is 0 Å². The van der Waals surface area contributed by atoms with E-state index in [-0.39, 0.29) is 56.3 Å². The molecule has 0 bridgehead atoms. The maximum atomic E-state index is 11.5. The van der Waals surface area contributed by atoms with Crippen LogP contribution in [0, 0.1) is 0 Å². The second-order valence-corrected chi connectivity index (χ2v) is 10.0. The third kappa shape index (κ3) is 10.8. The van der Waals surface area contributed by atoms with Gasteiger partial charge in [-0.05, 0) is 59.7 Å². The van der Waals surface area contributed by atoms with Gasteiger partial charge < -0.3 is 4.55 Å². The van der Waals surface area contributed by atoms with Crippen LogP contribution in [-0.4, -0.2) is 13.0 Å². The summed E-state index contributed by atoms with van der Waals surface area (Å²) < 4.78 is 34.5. The van der Waals surface area contributed by atoms with Crippen LogP contribution >= 0.6 is 0 Å². The minimum Gasteiger partial charge on any atom is -0.744 e. The number of fused-ring (bicyclic) bond motifs is 1. The van der Waals surface area contributed by atoms with Gasteiger partial charge in [0.2, 0.25) is 0 Å². The minimum atomic E-state index is -4.43. The Hall–Kier alpha value is 0.246. The first kappa shape index (κ1) is 29.3. The fraction of sp³-hybridized carbons (Fsp3) is 0.615. The van der Waals surface area contributed by atoms with E-state index in [1.807, 2.05) is 6.07 Å². The fourth-order valence-electron chi connectivity index (χ4n) is 4.21. The molecule has 5 heteroatoms. The van der Waals surface area contributed by atoms with Crippen molar-refractivity contribution in [3.63, 3.8) is 0 Å². The maximum Gasteiger partial charge on any atom is 1.00 e. The second kappa shape index (κ2) is 16.0. The molecule has 0 spiro atoms. The molecule has 0 saturated heterocycles. The van der Waals surface area contributed by atoms with E-state index >= 15 is 0 Å². The van der Waals surface area contributed by atoms with Gasteiger partial charge in [0.15, 0.2) is 0 Å². The van der Waals surface area contributed by atoms with Crippen LogP contribution in [0.2, 0.25) is 0 Å². The number of unbranched alkanes of at least 4 members (excludes halogenated alkanes) is 10. The van der Waals surface area contributed by atoms with Crippen molar-refractivity contribution in [2.75, 3.05) is 0 Å². The Morgan fingerprint density at radius 3 is 1.84 bits per heavy atom. The van der Waals surface area contributed by atoms with Gasteiger partial charge in [-0.1, -0.05) is 96.3 Å². The molecule has 0 saturated carbocycles. The van der Waals surface area contributed by atoms with Gasteiger partial charge in [0.05, 0.1) is 4.90 Å². The fourth-order valence-corrected chi connectivity index (χ4v) is 4.71. The molecule has 2 aromatic carbocycles. The van der Waals surface area contributed by atoms with Crippen molar-refractivity contribution in [2.45, 2.75) is 109 Å². The Balaban J connectivity index is 0.00000480. The molecule has 0 fully saturated rings. The normalized spacial score (nSPS) is 11.6. The summed E-state index contributed by atoms with van der Waals surface area (Å²) >= 11 is 0. The van der Waals surface area contributed by atoms with Crippen molar-refractivity contribution in [1.29, 1.82) is 0 Å². The van der Waals surface area contributed by atoms with Gasteiger partial charge in [-0.25, -0.2) is 8.42 Å². The third-order valence-electron chi connectivity index (χ3n) is 5.98. The number of benzene rings is 2. The topological polar surface area (TPSA) is 57.2 Å². The molecule has 168 valence electrons. The molecule has 3 nitrogen and oxygen atoms in total. The summed E-state index contributed by atoms with van der Waals surface area (Å²) in [6, 6.07) is 9.24. The summed E-state index contributed by atoms with van der Waals surface area (Å²) in [4.78, 5) is -0.128. The van der Waals surface area contributed by atoms with Gasteiger partial charge in [0.1, 0.15) is 10.1 Å². The first-order valence-corrected chi connectivity index (χ1v) is 13.4. The van der Waals surface area contributed by atoms with E-state index in [9.17, 15) is 13.0 Å². The zero-order valence-corrected chi connectivity index (χ0v) is 23.9. The predicted molar refractivity (Wildman–Crippen MR) is 126 cm³/mol. The quantitative estimate of drug-likeness (QED) is 0.218. The van der Waals surface area contributed by atoms with Gasteiger partial charge in [0.25, 0.3) is 0 Å². The average Bonchev–Trinajstić information content (AvgIpc) is 2.72. The van der Waals surface area contributed by atoms with Crippen LogP contribution < -0.4 is 51.4 Å². The Morgan fingerprint density at radius 2 is 1.26 bits per heavy atom. The predicted octanol–water partition coefficient (Wildman–Crippen LogP) is 4.55. The molecule has 2 rings (SSSR count). The van der Waals surface area contributed by atoms with Crippen LogP contribution in [-0.2, 0) is 23.0 Å². The van der Waals surface area contributed by atoms with E-state index in [1.54, 1.807) is 6.07 Å². The molecule has 0 aromatic heterocycles. The second-order valence-electron chi connectivity index (χ2n) is 8.63. The minimum absolute atomic E-state index is 0. The van der Waals surface area contributed by atoms with Crippen molar-refractivity contribution in [2.24, 2.45) is 0 Å². The van der Waals surface area contributed by atoms with E-state index < -0.39 is 10.1 Å². The van der Waals surface area contributed by atoms with Crippen molar-refractivity contribution in [1.82, 2.24) is 0 Å². The molecule has 0 radical (unpaired) electrons. The van der Waals surface area contributed by atoms with E-state index in [1.165, 1.54) is 81.4 Å². The molecule has 0 amide bonds. The smallest absolute Gasteiger partial charge is 0.744 e. The first-order valence-electron chi connectivity index (χ1n) is 12.0.